The molecule has 180 valence electrons. The molecule has 1 aromatic heterocycles. The molecule has 6 aromatic carbocycles. The third-order valence-electron chi connectivity index (χ3n) is 7.19. The van der Waals surface area contributed by atoms with Gasteiger partial charge in [-0.3, -0.25) is 0 Å². The predicted octanol–water partition coefficient (Wildman–Crippen LogP) is 9.58. The van der Waals surface area contributed by atoms with E-state index in [0.717, 1.165) is 34.1 Å². The van der Waals surface area contributed by atoms with E-state index in [4.69, 9.17) is 9.47 Å². The molecule has 0 fully saturated rings. The summed E-state index contributed by atoms with van der Waals surface area (Å²) in [6.07, 6.45) is 0. The van der Waals surface area contributed by atoms with Crippen LogP contribution in [-0.2, 0) is 0 Å². The van der Waals surface area contributed by atoms with Crippen molar-refractivity contribution in [3.63, 3.8) is 0 Å². The van der Waals surface area contributed by atoms with Gasteiger partial charge in [0.1, 0.15) is 0 Å². The molecule has 0 spiro atoms. The molecule has 0 unspecified atom stereocenters. The van der Waals surface area contributed by atoms with Crippen molar-refractivity contribution in [1.29, 1.82) is 0 Å². The Balaban J connectivity index is 1.27. The summed E-state index contributed by atoms with van der Waals surface area (Å²) in [4.78, 5) is 0. The van der Waals surface area contributed by atoms with Gasteiger partial charge in [-0.25, -0.2) is 0 Å². The number of fused-ring (bicyclic) bond motifs is 7. The topological polar surface area (TPSA) is 35.4 Å². The monoisotopic (exact) mass is 490 g/mol. The van der Waals surface area contributed by atoms with Crippen LogP contribution in [0, 0.1) is 0 Å². The summed E-state index contributed by atoms with van der Waals surface area (Å²) in [7, 11) is 0. The summed E-state index contributed by atoms with van der Waals surface area (Å²) in [5.41, 5.74) is 5.44. The molecule has 1 aliphatic heterocycles. The van der Waals surface area contributed by atoms with Crippen molar-refractivity contribution >= 4 is 44.0 Å². The summed E-state index contributed by atoms with van der Waals surface area (Å²) >= 11 is 0. The van der Waals surface area contributed by atoms with E-state index >= 15 is 0 Å². The molecular formula is C34H22N2O2. The zero-order valence-corrected chi connectivity index (χ0v) is 20.4. The maximum atomic E-state index is 6.11. The Labute approximate surface area is 219 Å². The highest BCUT2D eigenvalue weighted by Gasteiger charge is 2.19. The predicted molar refractivity (Wildman–Crippen MR) is 155 cm³/mol. The van der Waals surface area contributed by atoms with Gasteiger partial charge in [-0.05, 0) is 53.9 Å². The fourth-order valence-electron chi connectivity index (χ4n) is 5.47. The summed E-state index contributed by atoms with van der Waals surface area (Å²) in [5, 5.41) is 8.52. The van der Waals surface area contributed by atoms with E-state index in [9.17, 15) is 0 Å². The van der Waals surface area contributed by atoms with Crippen LogP contribution in [0.5, 0.6) is 23.0 Å². The van der Waals surface area contributed by atoms with Gasteiger partial charge in [-0.1, -0.05) is 72.8 Å². The lowest BCUT2D eigenvalue weighted by molar-refractivity contribution is 0.360. The maximum absolute atomic E-state index is 6.11. The molecule has 0 amide bonds. The summed E-state index contributed by atoms with van der Waals surface area (Å²) < 4.78 is 14.5. The van der Waals surface area contributed by atoms with Gasteiger partial charge in [-0.2, -0.15) is 0 Å². The fraction of sp³-hybridized carbons (Fsp3) is 0. The highest BCUT2D eigenvalue weighted by Crippen LogP contribution is 2.46. The van der Waals surface area contributed by atoms with E-state index in [1.54, 1.807) is 0 Å². The van der Waals surface area contributed by atoms with Crippen LogP contribution in [0.4, 0.5) is 11.4 Å². The zero-order chi connectivity index (χ0) is 25.1. The van der Waals surface area contributed by atoms with E-state index in [1.807, 2.05) is 42.5 Å². The molecule has 0 radical (unpaired) electrons. The number of hydrogen-bond acceptors (Lipinski definition) is 3. The Hall–Kier alpha value is -5.22. The first-order chi connectivity index (χ1) is 18.8. The lowest BCUT2D eigenvalue weighted by Gasteiger charge is -2.21. The zero-order valence-electron chi connectivity index (χ0n) is 20.4. The van der Waals surface area contributed by atoms with Crippen LogP contribution in [0.2, 0.25) is 0 Å². The van der Waals surface area contributed by atoms with Crippen LogP contribution in [-0.4, -0.2) is 4.57 Å². The summed E-state index contributed by atoms with van der Waals surface area (Å²) in [6.45, 7) is 0. The number of anilines is 2. The van der Waals surface area contributed by atoms with Crippen molar-refractivity contribution in [2.24, 2.45) is 0 Å². The Bertz CT molecular complexity index is 2010. The molecule has 1 N–H and O–H groups in total. The van der Waals surface area contributed by atoms with Gasteiger partial charge in [0, 0.05) is 39.3 Å². The first-order valence-corrected chi connectivity index (χ1v) is 12.7. The Morgan fingerprint density at radius 2 is 1.13 bits per heavy atom. The number of aromatic nitrogens is 1. The van der Waals surface area contributed by atoms with Crippen LogP contribution < -0.4 is 14.8 Å². The Kier molecular flexibility index (Phi) is 4.49. The van der Waals surface area contributed by atoms with Gasteiger partial charge < -0.3 is 19.4 Å². The standard InChI is InChI=1S/C34H22N2O2/c1-2-9-25(10-3-1)36-29-20-23(15-18-27(29)28-17-14-22-8-4-5-11-26(22)34(28)36)35-24-16-19-32-33(21-24)38-31-13-7-6-12-30(31)37-32/h1-21,35H. The van der Waals surface area contributed by atoms with Crippen molar-refractivity contribution in [3.8, 4) is 28.7 Å². The molecule has 1 aliphatic rings. The van der Waals surface area contributed by atoms with Crippen LogP contribution in [0.15, 0.2) is 127 Å². The molecule has 38 heavy (non-hydrogen) atoms. The highest BCUT2D eigenvalue weighted by atomic mass is 16.6. The molecule has 2 heterocycles. The largest absolute Gasteiger partial charge is 0.450 e. The molecule has 8 rings (SSSR count). The third-order valence-corrected chi connectivity index (χ3v) is 7.19. The highest BCUT2D eigenvalue weighted by molar-refractivity contribution is 6.19. The van der Waals surface area contributed by atoms with Crippen molar-refractivity contribution < 1.29 is 9.47 Å². The molecule has 4 heteroatoms. The summed E-state index contributed by atoms with van der Waals surface area (Å²) in [5.74, 6) is 2.85. The lowest BCUT2D eigenvalue weighted by atomic mass is 10.1. The van der Waals surface area contributed by atoms with Gasteiger partial charge in [0.25, 0.3) is 0 Å². The number of ether oxygens (including phenoxy) is 2. The van der Waals surface area contributed by atoms with Gasteiger partial charge >= 0.3 is 0 Å². The second kappa shape index (κ2) is 8.15. The molecule has 7 aromatic rings. The van der Waals surface area contributed by atoms with Crippen LogP contribution in [0.1, 0.15) is 0 Å². The Morgan fingerprint density at radius 1 is 0.474 bits per heavy atom. The first-order valence-electron chi connectivity index (χ1n) is 12.7. The number of hydrogen-bond donors (Lipinski definition) is 1. The van der Waals surface area contributed by atoms with Crippen LogP contribution in [0.3, 0.4) is 0 Å². The van der Waals surface area contributed by atoms with Crippen LogP contribution in [0.25, 0.3) is 38.3 Å². The minimum atomic E-state index is 0.694. The average Bonchev–Trinajstić information content (AvgIpc) is 3.30. The quantitative estimate of drug-likeness (QED) is 0.268. The first kappa shape index (κ1) is 20.9. The van der Waals surface area contributed by atoms with Crippen molar-refractivity contribution in [3.05, 3.63) is 127 Å². The number of nitrogens with one attached hydrogen (secondary N) is 1. The minimum absolute atomic E-state index is 0.694. The second-order valence-corrected chi connectivity index (χ2v) is 9.52. The lowest BCUT2D eigenvalue weighted by Crippen LogP contribution is -2.00. The molecule has 0 atom stereocenters. The van der Waals surface area contributed by atoms with E-state index in [2.05, 4.69) is 94.8 Å². The normalized spacial score (nSPS) is 12.1. The van der Waals surface area contributed by atoms with E-state index in [1.165, 1.54) is 27.1 Å². The SMILES string of the molecule is c1ccc(-n2c3cc(Nc4ccc5c(c4)Oc4ccccc4O5)ccc3c3ccc4ccccc4c32)cc1. The average molecular weight is 491 g/mol. The fourth-order valence-corrected chi connectivity index (χ4v) is 5.47. The van der Waals surface area contributed by atoms with E-state index in [0.29, 0.717) is 11.5 Å². The van der Waals surface area contributed by atoms with Crippen molar-refractivity contribution in [2.45, 2.75) is 0 Å². The number of benzene rings is 6. The minimum Gasteiger partial charge on any atom is -0.450 e. The number of para-hydroxylation sites is 3. The van der Waals surface area contributed by atoms with Crippen molar-refractivity contribution in [1.82, 2.24) is 4.57 Å². The smallest absolute Gasteiger partial charge is 0.172 e. The van der Waals surface area contributed by atoms with E-state index in [-0.39, 0.29) is 0 Å². The molecule has 0 saturated carbocycles. The second-order valence-electron chi connectivity index (χ2n) is 9.52. The number of rotatable bonds is 3. The molecular weight excluding hydrogens is 468 g/mol. The molecule has 0 bridgehead atoms. The van der Waals surface area contributed by atoms with Gasteiger partial charge in [0.2, 0.25) is 0 Å². The van der Waals surface area contributed by atoms with Crippen molar-refractivity contribution in [2.75, 3.05) is 5.32 Å². The number of nitrogens with zero attached hydrogens (tertiary/aromatic N) is 1. The molecule has 0 saturated heterocycles. The molecule has 4 nitrogen and oxygen atoms in total. The summed E-state index contributed by atoms with van der Waals surface area (Å²) in [6, 6.07) is 43.8. The van der Waals surface area contributed by atoms with Gasteiger partial charge in [-0.15, -0.1) is 0 Å². The van der Waals surface area contributed by atoms with Gasteiger partial charge in [0.15, 0.2) is 23.0 Å². The van der Waals surface area contributed by atoms with Crippen LogP contribution >= 0.6 is 0 Å². The van der Waals surface area contributed by atoms with E-state index < -0.39 is 0 Å². The van der Waals surface area contributed by atoms with Gasteiger partial charge in [0.05, 0.1) is 11.0 Å². The molecule has 0 aliphatic carbocycles. The Morgan fingerprint density at radius 3 is 2.00 bits per heavy atom. The third kappa shape index (κ3) is 3.24. The maximum Gasteiger partial charge on any atom is 0.172 e.